The summed E-state index contributed by atoms with van der Waals surface area (Å²) < 4.78 is 38.7. The molecule has 0 spiro atoms. The van der Waals surface area contributed by atoms with Crippen molar-refractivity contribution in [1.29, 1.82) is 0 Å². The highest BCUT2D eigenvalue weighted by Gasteiger charge is 2.28. The van der Waals surface area contributed by atoms with E-state index in [1.165, 1.54) is 32.4 Å². The Balaban J connectivity index is 1.91. The lowest BCUT2D eigenvalue weighted by Gasteiger charge is -2.22. The Kier molecular flexibility index (Phi) is 7.73. The van der Waals surface area contributed by atoms with E-state index in [2.05, 4.69) is 5.32 Å². The fourth-order valence-electron chi connectivity index (χ4n) is 3.32. The molecule has 1 N–H and O–H groups in total. The van der Waals surface area contributed by atoms with Gasteiger partial charge in [-0.1, -0.05) is 36.4 Å². The van der Waals surface area contributed by atoms with Crippen molar-refractivity contribution in [2.75, 3.05) is 26.1 Å². The smallest absolute Gasteiger partial charge is 0.243 e. The van der Waals surface area contributed by atoms with Gasteiger partial charge in [0.05, 0.1) is 25.7 Å². The molecule has 7 nitrogen and oxygen atoms in total. The molecule has 0 unspecified atom stereocenters. The molecule has 0 saturated carbocycles. The molecule has 8 heteroatoms. The molecule has 0 aliphatic carbocycles. The van der Waals surface area contributed by atoms with Gasteiger partial charge in [-0.15, -0.1) is 0 Å². The number of methoxy groups -OCH3 is 2. The van der Waals surface area contributed by atoms with Gasteiger partial charge in [0.2, 0.25) is 15.9 Å². The number of aryl methyl sites for hydroxylation is 2. The maximum atomic E-state index is 13.5. The van der Waals surface area contributed by atoms with Crippen LogP contribution in [0.5, 0.6) is 11.5 Å². The number of carbonyl (C=O) groups is 1. The van der Waals surface area contributed by atoms with Crippen LogP contribution in [0.3, 0.4) is 0 Å². The van der Waals surface area contributed by atoms with Crippen molar-refractivity contribution in [2.24, 2.45) is 0 Å². The van der Waals surface area contributed by atoms with Crippen LogP contribution in [-0.2, 0) is 21.4 Å². The van der Waals surface area contributed by atoms with E-state index >= 15 is 0 Å². The number of anilines is 1. The van der Waals surface area contributed by atoms with Crippen molar-refractivity contribution in [3.63, 3.8) is 0 Å². The number of rotatable bonds is 9. The number of hydrogen-bond acceptors (Lipinski definition) is 5. The quantitative estimate of drug-likeness (QED) is 0.510. The number of carbonyl (C=O) groups excluding carboxylic acids is 1. The van der Waals surface area contributed by atoms with Crippen molar-refractivity contribution in [3.8, 4) is 11.5 Å². The van der Waals surface area contributed by atoms with E-state index < -0.39 is 15.9 Å². The lowest BCUT2D eigenvalue weighted by Crippen LogP contribution is -2.37. The third-order valence-corrected chi connectivity index (χ3v) is 7.09. The maximum absolute atomic E-state index is 13.5. The SMILES string of the molecule is COc1ccc(S(=O)(=O)N(CC(=O)Nc2ccc(C)c(C)c2)Cc2ccccc2)cc1OC. The average Bonchev–Trinajstić information content (AvgIpc) is 2.81. The van der Waals surface area contributed by atoms with E-state index in [1.807, 2.05) is 56.3 Å². The van der Waals surface area contributed by atoms with Gasteiger partial charge >= 0.3 is 0 Å². The van der Waals surface area contributed by atoms with Crippen LogP contribution in [-0.4, -0.2) is 39.4 Å². The van der Waals surface area contributed by atoms with Gasteiger partial charge < -0.3 is 14.8 Å². The molecular formula is C25H28N2O5S. The Morgan fingerprint density at radius 1 is 0.879 bits per heavy atom. The van der Waals surface area contributed by atoms with Crippen LogP contribution >= 0.6 is 0 Å². The molecule has 0 radical (unpaired) electrons. The first-order chi connectivity index (χ1) is 15.7. The van der Waals surface area contributed by atoms with E-state index in [0.717, 1.165) is 21.0 Å². The molecule has 0 fully saturated rings. The minimum atomic E-state index is -4.02. The summed E-state index contributed by atoms with van der Waals surface area (Å²) in [6, 6.07) is 19.1. The normalized spacial score (nSPS) is 11.3. The molecule has 0 saturated heterocycles. The molecule has 174 valence electrons. The van der Waals surface area contributed by atoms with E-state index in [4.69, 9.17) is 9.47 Å². The molecule has 0 bridgehead atoms. The summed E-state index contributed by atoms with van der Waals surface area (Å²) >= 11 is 0. The highest BCUT2D eigenvalue weighted by atomic mass is 32.2. The fourth-order valence-corrected chi connectivity index (χ4v) is 4.72. The standard InChI is InChI=1S/C25H28N2O5S/c1-18-10-11-21(14-19(18)2)26-25(28)17-27(16-20-8-6-5-7-9-20)33(29,30)22-12-13-23(31-3)24(15-22)32-4/h5-15H,16-17H2,1-4H3,(H,26,28). The lowest BCUT2D eigenvalue weighted by atomic mass is 10.1. The summed E-state index contributed by atoms with van der Waals surface area (Å²) in [7, 11) is -1.11. The predicted octanol–water partition coefficient (Wildman–Crippen LogP) is 4.15. The summed E-state index contributed by atoms with van der Waals surface area (Å²) in [5, 5.41) is 2.80. The van der Waals surface area contributed by atoms with E-state index in [-0.39, 0.29) is 23.7 Å². The van der Waals surface area contributed by atoms with Gasteiger partial charge in [0.1, 0.15) is 0 Å². The van der Waals surface area contributed by atoms with Crippen molar-refractivity contribution in [1.82, 2.24) is 4.31 Å². The third kappa shape index (κ3) is 5.91. The molecule has 3 aromatic carbocycles. The predicted molar refractivity (Wildman–Crippen MR) is 128 cm³/mol. The Morgan fingerprint density at radius 3 is 2.21 bits per heavy atom. The largest absolute Gasteiger partial charge is 0.493 e. The molecule has 33 heavy (non-hydrogen) atoms. The zero-order valence-corrected chi connectivity index (χ0v) is 20.0. The number of sulfonamides is 1. The zero-order chi connectivity index (χ0) is 24.0. The van der Waals surface area contributed by atoms with Gasteiger partial charge in [-0.3, -0.25) is 4.79 Å². The van der Waals surface area contributed by atoms with Gasteiger partial charge in [-0.2, -0.15) is 4.31 Å². The van der Waals surface area contributed by atoms with Gasteiger partial charge in [0, 0.05) is 18.3 Å². The zero-order valence-electron chi connectivity index (χ0n) is 19.2. The number of nitrogens with one attached hydrogen (secondary N) is 1. The van der Waals surface area contributed by atoms with Gasteiger partial charge in [-0.25, -0.2) is 8.42 Å². The Bertz CT molecular complexity index is 1230. The van der Waals surface area contributed by atoms with Gasteiger partial charge in [0.15, 0.2) is 11.5 Å². The Labute approximate surface area is 195 Å². The van der Waals surface area contributed by atoms with Crippen LogP contribution in [0.1, 0.15) is 16.7 Å². The number of benzene rings is 3. The van der Waals surface area contributed by atoms with Crippen molar-refractivity contribution in [2.45, 2.75) is 25.3 Å². The van der Waals surface area contributed by atoms with Crippen LogP contribution < -0.4 is 14.8 Å². The number of amides is 1. The van der Waals surface area contributed by atoms with Crippen molar-refractivity contribution in [3.05, 3.63) is 83.4 Å². The summed E-state index contributed by atoms with van der Waals surface area (Å²) in [5.74, 6) is 0.273. The first-order valence-electron chi connectivity index (χ1n) is 10.4. The summed E-state index contributed by atoms with van der Waals surface area (Å²) in [4.78, 5) is 12.9. The van der Waals surface area contributed by atoms with Crippen molar-refractivity contribution < 1.29 is 22.7 Å². The molecule has 0 aliphatic rings. The molecule has 0 atom stereocenters. The molecule has 1 amide bonds. The minimum absolute atomic E-state index is 0.00932. The monoisotopic (exact) mass is 468 g/mol. The second kappa shape index (κ2) is 10.5. The summed E-state index contributed by atoms with van der Waals surface area (Å²) in [5.41, 5.74) is 3.52. The second-order valence-electron chi connectivity index (χ2n) is 7.62. The third-order valence-electron chi connectivity index (χ3n) is 5.31. The fraction of sp³-hybridized carbons (Fsp3) is 0.240. The average molecular weight is 469 g/mol. The first kappa shape index (κ1) is 24.3. The van der Waals surface area contributed by atoms with Crippen LogP contribution in [0.25, 0.3) is 0 Å². The molecule has 0 aromatic heterocycles. The lowest BCUT2D eigenvalue weighted by molar-refractivity contribution is -0.116. The van der Waals surface area contributed by atoms with E-state index in [1.54, 1.807) is 6.07 Å². The van der Waals surface area contributed by atoms with Gasteiger partial charge in [-0.05, 0) is 54.8 Å². The van der Waals surface area contributed by atoms with Crippen LogP contribution in [0.2, 0.25) is 0 Å². The van der Waals surface area contributed by atoms with Crippen LogP contribution in [0.15, 0.2) is 71.6 Å². The number of nitrogens with zero attached hydrogens (tertiary/aromatic N) is 1. The topological polar surface area (TPSA) is 84.9 Å². The highest BCUT2D eigenvalue weighted by molar-refractivity contribution is 7.89. The maximum Gasteiger partial charge on any atom is 0.243 e. The van der Waals surface area contributed by atoms with Crippen LogP contribution in [0.4, 0.5) is 5.69 Å². The Hall–Kier alpha value is -3.36. The highest BCUT2D eigenvalue weighted by Crippen LogP contribution is 2.31. The molecule has 0 aliphatic heterocycles. The minimum Gasteiger partial charge on any atom is -0.493 e. The molecule has 0 heterocycles. The van der Waals surface area contributed by atoms with Gasteiger partial charge in [0.25, 0.3) is 0 Å². The molecule has 3 rings (SSSR count). The second-order valence-corrected chi connectivity index (χ2v) is 9.56. The Morgan fingerprint density at radius 2 is 1.58 bits per heavy atom. The summed E-state index contributed by atoms with van der Waals surface area (Å²) in [6.07, 6.45) is 0. The summed E-state index contributed by atoms with van der Waals surface area (Å²) in [6.45, 7) is 3.63. The number of ether oxygens (including phenoxy) is 2. The van der Waals surface area contributed by atoms with Crippen LogP contribution in [0, 0.1) is 13.8 Å². The van der Waals surface area contributed by atoms with E-state index in [9.17, 15) is 13.2 Å². The first-order valence-corrected chi connectivity index (χ1v) is 11.8. The molecular weight excluding hydrogens is 440 g/mol. The van der Waals surface area contributed by atoms with Crippen molar-refractivity contribution >= 4 is 21.6 Å². The molecule has 3 aromatic rings. The number of hydrogen-bond donors (Lipinski definition) is 1. The van der Waals surface area contributed by atoms with E-state index in [0.29, 0.717) is 11.4 Å².